The van der Waals surface area contributed by atoms with Gasteiger partial charge in [-0.2, -0.15) is 0 Å². The highest BCUT2D eigenvalue weighted by atomic mass is 16.3. The maximum Gasteiger partial charge on any atom is 0.262 e. The summed E-state index contributed by atoms with van der Waals surface area (Å²) in [5.74, 6) is -0.448. The minimum Gasteiger partial charge on any atom is -0.472 e. The molecule has 2 amide bonds. The van der Waals surface area contributed by atoms with Crippen molar-refractivity contribution in [1.29, 1.82) is 0 Å². The molecule has 90 valence electrons. The number of nitrogens with one attached hydrogen (secondary N) is 1. The molecular formula is C13H10N2O3. The van der Waals surface area contributed by atoms with E-state index in [-0.39, 0.29) is 18.4 Å². The van der Waals surface area contributed by atoms with Crippen molar-refractivity contribution in [1.82, 2.24) is 0 Å². The van der Waals surface area contributed by atoms with Gasteiger partial charge in [0.2, 0.25) is 5.91 Å². The fraction of sp³-hybridized carbons (Fsp3) is 0.0769. The molecule has 1 aliphatic rings. The van der Waals surface area contributed by atoms with Gasteiger partial charge in [-0.05, 0) is 18.2 Å². The van der Waals surface area contributed by atoms with Crippen LogP contribution in [-0.4, -0.2) is 18.4 Å². The van der Waals surface area contributed by atoms with Crippen molar-refractivity contribution < 1.29 is 14.0 Å². The molecule has 3 rings (SSSR count). The summed E-state index contributed by atoms with van der Waals surface area (Å²) in [5, 5.41) is 2.73. The zero-order valence-electron chi connectivity index (χ0n) is 9.42. The van der Waals surface area contributed by atoms with Crippen molar-refractivity contribution in [2.24, 2.45) is 0 Å². The van der Waals surface area contributed by atoms with E-state index in [1.54, 1.807) is 18.2 Å². The Labute approximate surface area is 103 Å². The number of fused-ring (bicyclic) bond motifs is 1. The van der Waals surface area contributed by atoms with Gasteiger partial charge < -0.3 is 9.73 Å². The van der Waals surface area contributed by atoms with Gasteiger partial charge in [0.05, 0.1) is 23.2 Å². The predicted octanol–water partition coefficient (Wildman–Crippen LogP) is 1.88. The Bertz CT molecular complexity index is 604. The molecule has 0 aliphatic carbocycles. The molecule has 0 fully saturated rings. The van der Waals surface area contributed by atoms with Crippen LogP contribution >= 0.6 is 0 Å². The van der Waals surface area contributed by atoms with Crippen LogP contribution in [0.15, 0.2) is 47.3 Å². The molecule has 0 saturated carbocycles. The zero-order chi connectivity index (χ0) is 12.5. The summed E-state index contributed by atoms with van der Waals surface area (Å²) in [4.78, 5) is 25.3. The normalized spacial score (nSPS) is 14.0. The lowest BCUT2D eigenvalue weighted by Gasteiger charge is -2.28. The minimum atomic E-state index is -0.244. The Balaban J connectivity index is 2.03. The first kappa shape index (κ1) is 10.6. The number of hydrogen-bond donors (Lipinski definition) is 1. The van der Waals surface area contributed by atoms with E-state index in [2.05, 4.69) is 5.32 Å². The van der Waals surface area contributed by atoms with Crippen LogP contribution in [0.2, 0.25) is 0 Å². The van der Waals surface area contributed by atoms with E-state index in [9.17, 15) is 9.59 Å². The molecule has 1 aromatic carbocycles. The number of amides is 2. The molecule has 18 heavy (non-hydrogen) atoms. The number of carbonyl (C=O) groups excluding carboxylic acids is 2. The van der Waals surface area contributed by atoms with E-state index in [1.165, 1.54) is 17.4 Å². The van der Waals surface area contributed by atoms with E-state index in [0.717, 1.165) is 0 Å². The fourth-order valence-electron chi connectivity index (χ4n) is 1.96. The van der Waals surface area contributed by atoms with Crippen LogP contribution in [-0.2, 0) is 4.79 Å². The second kappa shape index (κ2) is 4.03. The van der Waals surface area contributed by atoms with Crippen molar-refractivity contribution in [3.8, 4) is 0 Å². The van der Waals surface area contributed by atoms with Gasteiger partial charge in [-0.3, -0.25) is 14.5 Å². The highest BCUT2D eigenvalue weighted by molar-refractivity contribution is 6.14. The molecule has 5 nitrogen and oxygen atoms in total. The Morgan fingerprint density at radius 2 is 2.11 bits per heavy atom. The number of para-hydroxylation sites is 2. The SMILES string of the molecule is O=C1CN(C(=O)c2ccoc2)c2ccccc2N1. The van der Waals surface area contributed by atoms with E-state index in [4.69, 9.17) is 4.42 Å². The first-order valence-corrected chi connectivity index (χ1v) is 5.48. The molecule has 0 radical (unpaired) electrons. The fourth-order valence-corrected chi connectivity index (χ4v) is 1.96. The number of rotatable bonds is 1. The number of hydrogen-bond acceptors (Lipinski definition) is 3. The molecular weight excluding hydrogens is 232 g/mol. The molecule has 0 bridgehead atoms. The first-order chi connectivity index (χ1) is 8.75. The topological polar surface area (TPSA) is 62.6 Å². The van der Waals surface area contributed by atoms with Gasteiger partial charge in [-0.1, -0.05) is 12.1 Å². The number of anilines is 2. The van der Waals surface area contributed by atoms with Crippen LogP contribution in [0.4, 0.5) is 11.4 Å². The van der Waals surface area contributed by atoms with Crippen molar-refractivity contribution in [3.63, 3.8) is 0 Å². The Morgan fingerprint density at radius 3 is 2.89 bits per heavy atom. The number of furan rings is 1. The van der Waals surface area contributed by atoms with Crippen LogP contribution in [0.1, 0.15) is 10.4 Å². The van der Waals surface area contributed by atoms with Crippen LogP contribution in [0.25, 0.3) is 0 Å². The molecule has 1 aromatic heterocycles. The lowest BCUT2D eigenvalue weighted by molar-refractivity contribution is -0.115. The lowest BCUT2D eigenvalue weighted by atomic mass is 10.1. The highest BCUT2D eigenvalue weighted by Crippen LogP contribution is 2.29. The van der Waals surface area contributed by atoms with Gasteiger partial charge in [0.1, 0.15) is 12.8 Å². The van der Waals surface area contributed by atoms with E-state index >= 15 is 0 Å². The van der Waals surface area contributed by atoms with Crippen molar-refractivity contribution in [2.75, 3.05) is 16.8 Å². The van der Waals surface area contributed by atoms with Crippen molar-refractivity contribution >= 4 is 23.2 Å². The van der Waals surface area contributed by atoms with Crippen LogP contribution < -0.4 is 10.2 Å². The minimum absolute atomic E-state index is 0.0149. The third-order valence-electron chi connectivity index (χ3n) is 2.78. The predicted molar refractivity (Wildman–Crippen MR) is 65.5 cm³/mol. The second-order valence-electron chi connectivity index (χ2n) is 3.97. The quantitative estimate of drug-likeness (QED) is 0.830. The maximum absolute atomic E-state index is 12.3. The number of nitrogens with zero attached hydrogens (tertiary/aromatic N) is 1. The standard InChI is InChI=1S/C13H10N2O3/c16-12-7-15(13(17)9-5-6-18-8-9)11-4-2-1-3-10(11)14-12/h1-6,8H,7H2,(H,14,16). The summed E-state index contributed by atoms with van der Waals surface area (Å²) in [5.41, 5.74) is 1.77. The summed E-state index contributed by atoms with van der Waals surface area (Å²) in [6.07, 6.45) is 2.81. The van der Waals surface area contributed by atoms with Gasteiger partial charge in [0.25, 0.3) is 5.91 Å². The van der Waals surface area contributed by atoms with Crippen molar-refractivity contribution in [2.45, 2.75) is 0 Å². The summed E-state index contributed by atoms with van der Waals surface area (Å²) in [6.45, 7) is 0.0149. The summed E-state index contributed by atoms with van der Waals surface area (Å²) in [7, 11) is 0. The van der Waals surface area contributed by atoms with Crippen molar-refractivity contribution in [3.05, 3.63) is 48.4 Å². The zero-order valence-corrected chi connectivity index (χ0v) is 9.42. The number of carbonyl (C=O) groups is 2. The van der Waals surface area contributed by atoms with E-state index < -0.39 is 0 Å². The third kappa shape index (κ3) is 1.66. The molecule has 1 N–H and O–H groups in total. The van der Waals surface area contributed by atoms with Crippen LogP contribution in [0.5, 0.6) is 0 Å². The Morgan fingerprint density at radius 1 is 1.28 bits per heavy atom. The summed E-state index contributed by atoms with van der Waals surface area (Å²) in [6, 6.07) is 8.78. The lowest BCUT2D eigenvalue weighted by Crippen LogP contribution is -2.42. The molecule has 1 aliphatic heterocycles. The summed E-state index contributed by atoms with van der Waals surface area (Å²) >= 11 is 0. The maximum atomic E-state index is 12.3. The third-order valence-corrected chi connectivity index (χ3v) is 2.78. The monoisotopic (exact) mass is 242 g/mol. The Hall–Kier alpha value is -2.56. The van der Waals surface area contributed by atoms with E-state index in [1.807, 2.05) is 12.1 Å². The van der Waals surface area contributed by atoms with Crippen LogP contribution in [0.3, 0.4) is 0 Å². The Kier molecular flexibility index (Phi) is 2.37. The second-order valence-corrected chi connectivity index (χ2v) is 3.97. The van der Waals surface area contributed by atoms with Crippen LogP contribution in [0, 0.1) is 0 Å². The highest BCUT2D eigenvalue weighted by Gasteiger charge is 2.27. The van der Waals surface area contributed by atoms with Gasteiger partial charge in [-0.15, -0.1) is 0 Å². The summed E-state index contributed by atoms with van der Waals surface area (Å²) < 4.78 is 4.89. The smallest absolute Gasteiger partial charge is 0.262 e. The molecule has 5 heteroatoms. The largest absolute Gasteiger partial charge is 0.472 e. The average Bonchev–Trinajstić information content (AvgIpc) is 2.90. The van der Waals surface area contributed by atoms with Gasteiger partial charge in [0.15, 0.2) is 0 Å². The average molecular weight is 242 g/mol. The molecule has 2 aromatic rings. The van der Waals surface area contributed by atoms with Gasteiger partial charge >= 0.3 is 0 Å². The molecule has 0 atom stereocenters. The van der Waals surface area contributed by atoms with Gasteiger partial charge in [-0.25, -0.2) is 0 Å². The van der Waals surface area contributed by atoms with E-state index in [0.29, 0.717) is 16.9 Å². The number of benzene rings is 1. The molecule has 0 saturated heterocycles. The van der Waals surface area contributed by atoms with Gasteiger partial charge in [0, 0.05) is 0 Å². The molecule has 0 unspecified atom stereocenters. The molecule has 0 spiro atoms. The molecule has 2 heterocycles. The first-order valence-electron chi connectivity index (χ1n) is 5.48.